The number of piperidine rings is 1. The summed E-state index contributed by atoms with van der Waals surface area (Å²) in [6.07, 6.45) is 2.30. The van der Waals surface area contributed by atoms with Crippen molar-refractivity contribution in [3.63, 3.8) is 0 Å². The van der Waals surface area contributed by atoms with Gasteiger partial charge in [0.15, 0.2) is 23.1 Å². The predicted octanol–water partition coefficient (Wildman–Crippen LogP) is 3.94. The van der Waals surface area contributed by atoms with Crippen molar-refractivity contribution in [3.8, 4) is 11.1 Å². The van der Waals surface area contributed by atoms with E-state index in [2.05, 4.69) is 25.4 Å². The third kappa shape index (κ3) is 3.94. The molecule has 1 N–H and O–H groups in total. The first-order chi connectivity index (χ1) is 15.9. The van der Waals surface area contributed by atoms with Crippen molar-refractivity contribution in [2.24, 2.45) is 0 Å². The third-order valence-electron chi connectivity index (χ3n) is 5.66. The van der Waals surface area contributed by atoms with Gasteiger partial charge in [-0.3, -0.25) is 0 Å². The highest BCUT2D eigenvalue weighted by Crippen LogP contribution is 2.29. The van der Waals surface area contributed by atoms with E-state index in [0.29, 0.717) is 18.8 Å². The van der Waals surface area contributed by atoms with Crippen LogP contribution in [0.15, 0.2) is 42.9 Å². The predicted molar refractivity (Wildman–Crippen MR) is 114 cm³/mol. The molecule has 11 heteroatoms. The van der Waals surface area contributed by atoms with Crippen LogP contribution in [0.3, 0.4) is 0 Å². The number of nitrogens with zero attached hydrogens (tertiary/aromatic N) is 6. The number of nitrogens with one attached hydrogen (secondary N) is 1. The maximum atomic E-state index is 15.0. The minimum absolute atomic E-state index is 0.143. The Morgan fingerprint density at radius 2 is 1.91 bits per heavy atom. The van der Waals surface area contributed by atoms with Crippen molar-refractivity contribution in [2.45, 2.75) is 25.6 Å². The zero-order chi connectivity index (χ0) is 23.1. The molecule has 0 bridgehead atoms. The van der Waals surface area contributed by atoms with Crippen LogP contribution in [0, 0.1) is 24.4 Å². The highest BCUT2D eigenvalue weighted by atomic mass is 19.2. The van der Waals surface area contributed by atoms with Gasteiger partial charge in [0.25, 0.3) is 0 Å². The summed E-state index contributed by atoms with van der Waals surface area (Å²) >= 11 is 0. The highest BCUT2D eigenvalue weighted by Gasteiger charge is 2.31. The topological polar surface area (TPSA) is 71.2 Å². The lowest BCUT2D eigenvalue weighted by atomic mass is 10.0. The molecule has 3 aromatic heterocycles. The molecule has 0 radical (unpaired) electrons. The molecule has 4 heterocycles. The number of halogens is 4. The molecular formula is C22H19F4N7. The quantitative estimate of drug-likeness (QED) is 0.370. The summed E-state index contributed by atoms with van der Waals surface area (Å²) in [7, 11) is 0. The molecule has 0 amide bonds. The van der Waals surface area contributed by atoms with E-state index in [1.807, 2.05) is 17.9 Å². The second-order valence-corrected chi connectivity index (χ2v) is 7.87. The average Bonchev–Trinajstić information content (AvgIpc) is 3.22. The van der Waals surface area contributed by atoms with Gasteiger partial charge in [-0.1, -0.05) is 0 Å². The molecule has 2 unspecified atom stereocenters. The van der Waals surface area contributed by atoms with Gasteiger partial charge in [0.1, 0.15) is 18.3 Å². The lowest BCUT2D eigenvalue weighted by Crippen LogP contribution is -2.48. The van der Waals surface area contributed by atoms with Gasteiger partial charge >= 0.3 is 0 Å². The van der Waals surface area contributed by atoms with Crippen LogP contribution in [-0.2, 0) is 0 Å². The third-order valence-corrected chi connectivity index (χ3v) is 5.66. The summed E-state index contributed by atoms with van der Waals surface area (Å²) < 4.78 is 57.8. The van der Waals surface area contributed by atoms with Gasteiger partial charge in [-0.15, -0.1) is 5.10 Å². The smallest absolute Gasteiger partial charge is 0.243 e. The molecule has 1 aliphatic rings. The van der Waals surface area contributed by atoms with Crippen LogP contribution in [0.1, 0.15) is 12.1 Å². The lowest BCUT2D eigenvalue weighted by Gasteiger charge is -2.35. The monoisotopic (exact) mass is 457 g/mol. The van der Waals surface area contributed by atoms with E-state index in [0.717, 1.165) is 17.8 Å². The summed E-state index contributed by atoms with van der Waals surface area (Å²) in [6, 6.07) is 6.39. The van der Waals surface area contributed by atoms with Crippen molar-refractivity contribution in [2.75, 3.05) is 23.3 Å². The van der Waals surface area contributed by atoms with E-state index in [-0.39, 0.29) is 29.3 Å². The van der Waals surface area contributed by atoms with Crippen LogP contribution in [0.4, 0.5) is 29.3 Å². The molecule has 170 valence electrons. The Labute approximate surface area is 186 Å². The molecule has 1 fully saturated rings. The molecule has 7 nitrogen and oxygen atoms in total. The Kier molecular flexibility index (Phi) is 5.31. The van der Waals surface area contributed by atoms with Gasteiger partial charge < -0.3 is 10.2 Å². The first kappa shape index (κ1) is 21.1. The summed E-state index contributed by atoms with van der Waals surface area (Å²) in [4.78, 5) is 14.5. The number of rotatable bonds is 4. The zero-order valence-corrected chi connectivity index (χ0v) is 17.5. The van der Waals surface area contributed by atoms with Crippen LogP contribution in [-0.4, -0.2) is 49.9 Å². The molecule has 2 atom stereocenters. The normalized spacial score (nSPS) is 18.6. The van der Waals surface area contributed by atoms with E-state index in [4.69, 9.17) is 0 Å². The fraction of sp³-hybridized carbons (Fsp3) is 0.273. The molecule has 1 aliphatic heterocycles. The number of benzene rings is 1. The van der Waals surface area contributed by atoms with Gasteiger partial charge in [-0.05, 0) is 37.6 Å². The number of alkyl halides is 1. The van der Waals surface area contributed by atoms with E-state index >= 15 is 0 Å². The van der Waals surface area contributed by atoms with Crippen LogP contribution in [0.5, 0.6) is 0 Å². The first-order valence-corrected chi connectivity index (χ1v) is 10.3. The molecular weight excluding hydrogens is 438 g/mol. The fourth-order valence-electron chi connectivity index (χ4n) is 3.97. The largest absolute Gasteiger partial charge is 0.353 e. The lowest BCUT2D eigenvalue weighted by molar-refractivity contribution is 0.262. The zero-order valence-electron chi connectivity index (χ0n) is 17.5. The molecule has 33 heavy (non-hydrogen) atoms. The Morgan fingerprint density at radius 1 is 1.06 bits per heavy atom. The minimum atomic E-state index is -1.56. The van der Waals surface area contributed by atoms with Crippen molar-refractivity contribution in [1.29, 1.82) is 0 Å². The van der Waals surface area contributed by atoms with Crippen molar-refractivity contribution < 1.29 is 17.6 Å². The number of aromatic nitrogens is 5. The molecule has 5 rings (SSSR count). The van der Waals surface area contributed by atoms with Crippen LogP contribution in [0.25, 0.3) is 16.8 Å². The number of hydrogen-bond acceptors (Lipinski definition) is 6. The fourth-order valence-corrected chi connectivity index (χ4v) is 3.97. The van der Waals surface area contributed by atoms with Gasteiger partial charge in [-0.25, -0.2) is 32.0 Å². The van der Waals surface area contributed by atoms with Crippen LogP contribution >= 0.6 is 0 Å². The Morgan fingerprint density at radius 3 is 2.70 bits per heavy atom. The molecule has 0 saturated carbocycles. The number of fused-ring (bicyclic) bond motifs is 1. The van der Waals surface area contributed by atoms with Crippen molar-refractivity contribution in [1.82, 2.24) is 24.6 Å². The van der Waals surface area contributed by atoms with Gasteiger partial charge in [0.05, 0.1) is 12.6 Å². The van der Waals surface area contributed by atoms with Crippen LogP contribution < -0.4 is 10.2 Å². The summed E-state index contributed by atoms with van der Waals surface area (Å²) in [5.74, 6) is -3.31. The van der Waals surface area contributed by atoms with E-state index < -0.39 is 29.7 Å². The average molecular weight is 457 g/mol. The number of hydrogen-bond donors (Lipinski definition) is 1. The Bertz CT molecular complexity index is 1330. The summed E-state index contributed by atoms with van der Waals surface area (Å²) in [5.41, 5.74) is 1.13. The minimum Gasteiger partial charge on any atom is -0.353 e. The molecule has 1 saturated heterocycles. The van der Waals surface area contributed by atoms with Gasteiger partial charge in [-0.2, -0.15) is 4.98 Å². The number of aryl methyl sites for hydroxylation is 1. The molecule has 0 aliphatic carbocycles. The van der Waals surface area contributed by atoms with E-state index in [1.54, 1.807) is 12.3 Å². The summed E-state index contributed by atoms with van der Waals surface area (Å²) in [5, 5.41) is 7.30. The van der Waals surface area contributed by atoms with E-state index in [9.17, 15) is 17.6 Å². The molecule has 1 aromatic carbocycles. The van der Waals surface area contributed by atoms with Crippen LogP contribution in [0.2, 0.25) is 0 Å². The number of anilines is 2. The maximum Gasteiger partial charge on any atom is 0.243 e. The molecule has 0 spiro atoms. The SMILES string of the molecule is Cc1cc(N2CCC(Nc3nc4c(-c5ccc(F)c(F)c5F)cccn4n3)C(F)C2)ncn1. The van der Waals surface area contributed by atoms with Crippen molar-refractivity contribution in [3.05, 3.63) is 66.0 Å². The Hall–Kier alpha value is -3.76. The Balaban J connectivity index is 1.38. The first-order valence-electron chi connectivity index (χ1n) is 10.3. The number of pyridine rings is 1. The van der Waals surface area contributed by atoms with Gasteiger partial charge in [0, 0.05) is 35.6 Å². The summed E-state index contributed by atoms with van der Waals surface area (Å²) in [6.45, 7) is 2.57. The second kappa shape index (κ2) is 8.30. The van der Waals surface area contributed by atoms with Gasteiger partial charge in [0.2, 0.25) is 5.95 Å². The highest BCUT2D eigenvalue weighted by molar-refractivity contribution is 5.78. The van der Waals surface area contributed by atoms with E-state index in [1.165, 1.54) is 16.9 Å². The second-order valence-electron chi connectivity index (χ2n) is 7.87. The molecule has 4 aromatic rings. The standard InChI is InChI=1S/C22H19F4N7/c1-12-9-18(28-11-27-12)32-8-6-17(16(24)10-32)29-22-30-21-14(3-2-7-33(21)31-22)13-4-5-15(23)20(26)19(13)25/h2-5,7,9,11,16-17H,6,8,10H2,1H3,(H,29,31). The maximum absolute atomic E-state index is 15.0. The van der Waals surface area contributed by atoms with Crippen molar-refractivity contribution >= 4 is 17.4 Å².